The van der Waals surface area contributed by atoms with Crippen molar-refractivity contribution in [1.29, 1.82) is 0 Å². The normalized spacial score (nSPS) is 11.5. The highest BCUT2D eigenvalue weighted by atomic mass is 127. The molecule has 26 heavy (non-hydrogen) atoms. The van der Waals surface area contributed by atoms with Crippen LogP contribution in [0.5, 0.6) is 0 Å². The molecular weight excluding hydrogens is 566 g/mol. The maximum absolute atomic E-state index is 10.9. The predicted octanol–water partition coefficient (Wildman–Crippen LogP) is 7.31. The summed E-state index contributed by atoms with van der Waals surface area (Å²) >= 11 is 5.16. The van der Waals surface area contributed by atoms with Gasteiger partial charge in [-0.1, -0.05) is 148 Å². The zero-order valence-corrected chi connectivity index (χ0v) is 22.4. The van der Waals surface area contributed by atoms with E-state index in [4.69, 9.17) is 4.74 Å². The number of unbranched alkanes of at least 4 members (excludes halogenated alkanes) is 14. The lowest BCUT2D eigenvalue weighted by Gasteiger charge is -2.04. The van der Waals surface area contributed by atoms with Crippen LogP contribution in [0, 0.1) is 0 Å². The van der Waals surface area contributed by atoms with Crippen LogP contribution < -0.4 is 0 Å². The minimum Gasteiger partial charge on any atom is -0.463 e. The van der Waals surface area contributed by atoms with Crippen LogP contribution in [0.15, 0.2) is 12.7 Å². The SMILES string of the molecule is C=CC(=O)OCCCCCCCCCCCCCCCCC[SiH2]C(I)I. The quantitative estimate of drug-likeness (QED) is 0.0363. The minimum absolute atomic E-state index is 0.228. The van der Waals surface area contributed by atoms with Gasteiger partial charge in [-0.05, 0) is 6.42 Å². The summed E-state index contributed by atoms with van der Waals surface area (Å²) in [6.45, 7) is 3.94. The highest BCUT2D eigenvalue weighted by Crippen LogP contribution is 2.15. The third-order valence-corrected chi connectivity index (χ3v) is 9.81. The second kappa shape index (κ2) is 22.2. The summed E-state index contributed by atoms with van der Waals surface area (Å²) in [6, 6.07) is 1.55. The molecular formula is C21H40I2O2Si. The number of esters is 1. The number of carbonyl (C=O) groups is 1. The number of ether oxygens (including phenoxy) is 1. The van der Waals surface area contributed by atoms with E-state index in [1.54, 1.807) is 6.04 Å². The van der Waals surface area contributed by atoms with Crippen LogP contribution in [0.1, 0.15) is 96.3 Å². The first-order valence-electron chi connectivity index (χ1n) is 10.7. The van der Waals surface area contributed by atoms with E-state index in [0.29, 0.717) is 6.61 Å². The molecule has 154 valence electrons. The van der Waals surface area contributed by atoms with Crippen LogP contribution in [-0.4, -0.2) is 23.7 Å². The van der Waals surface area contributed by atoms with Gasteiger partial charge in [-0.2, -0.15) is 0 Å². The van der Waals surface area contributed by atoms with Crippen molar-refractivity contribution >= 4 is 60.7 Å². The van der Waals surface area contributed by atoms with Gasteiger partial charge in [0, 0.05) is 17.2 Å². The van der Waals surface area contributed by atoms with E-state index >= 15 is 0 Å². The molecule has 0 fully saturated rings. The largest absolute Gasteiger partial charge is 0.463 e. The van der Waals surface area contributed by atoms with Crippen LogP contribution in [0.3, 0.4) is 0 Å². The smallest absolute Gasteiger partial charge is 0.330 e. The molecule has 0 aromatic carbocycles. The van der Waals surface area contributed by atoms with Crippen LogP contribution in [0.2, 0.25) is 6.04 Å². The van der Waals surface area contributed by atoms with E-state index < -0.39 is 0 Å². The molecule has 0 aliphatic rings. The van der Waals surface area contributed by atoms with Crippen molar-refractivity contribution in [2.45, 2.75) is 104 Å². The van der Waals surface area contributed by atoms with Crippen LogP contribution in [0.25, 0.3) is 0 Å². The Balaban J connectivity index is 3.03. The van der Waals surface area contributed by atoms with Crippen molar-refractivity contribution < 1.29 is 9.53 Å². The molecule has 0 aromatic heterocycles. The molecule has 0 amide bonds. The first-order chi connectivity index (χ1) is 12.7. The second-order valence-electron chi connectivity index (χ2n) is 7.21. The number of carbonyl (C=O) groups excluding carboxylic acids is 1. The lowest BCUT2D eigenvalue weighted by atomic mass is 10.0. The zero-order valence-electron chi connectivity index (χ0n) is 16.7. The van der Waals surface area contributed by atoms with Crippen molar-refractivity contribution in [3.8, 4) is 0 Å². The number of rotatable bonds is 20. The van der Waals surface area contributed by atoms with Gasteiger partial charge in [0.25, 0.3) is 0 Å². The summed E-state index contributed by atoms with van der Waals surface area (Å²) in [5, 5.41) is 0. The molecule has 0 saturated heterocycles. The molecule has 0 N–H and O–H groups in total. The van der Waals surface area contributed by atoms with Gasteiger partial charge in [-0.3, -0.25) is 0 Å². The summed E-state index contributed by atoms with van der Waals surface area (Å²) in [6.07, 6.45) is 21.8. The van der Waals surface area contributed by atoms with Gasteiger partial charge in [0.05, 0.1) is 6.61 Å². The zero-order chi connectivity index (χ0) is 19.3. The summed E-state index contributed by atoms with van der Waals surface area (Å²) < 4.78 is 5.93. The van der Waals surface area contributed by atoms with Gasteiger partial charge in [-0.15, -0.1) is 0 Å². The van der Waals surface area contributed by atoms with E-state index in [-0.39, 0.29) is 15.5 Å². The summed E-state index contributed by atoms with van der Waals surface area (Å²) in [7, 11) is 0.228. The Labute approximate surface area is 192 Å². The fraction of sp³-hybridized carbons (Fsp3) is 0.857. The highest BCUT2D eigenvalue weighted by molar-refractivity contribution is 14.2. The van der Waals surface area contributed by atoms with E-state index in [1.807, 2.05) is 0 Å². The van der Waals surface area contributed by atoms with Crippen molar-refractivity contribution in [3.63, 3.8) is 0 Å². The average Bonchev–Trinajstić information content (AvgIpc) is 2.63. The fourth-order valence-corrected chi connectivity index (χ4v) is 6.70. The Morgan fingerprint density at radius 2 is 1.15 bits per heavy atom. The van der Waals surface area contributed by atoms with Crippen LogP contribution >= 0.6 is 45.2 Å². The van der Waals surface area contributed by atoms with Gasteiger partial charge in [0.1, 0.15) is 0 Å². The number of alkyl halides is 2. The topological polar surface area (TPSA) is 26.3 Å². The molecule has 0 aliphatic carbocycles. The predicted molar refractivity (Wildman–Crippen MR) is 136 cm³/mol. The van der Waals surface area contributed by atoms with E-state index in [9.17, 15) is 4.79 Å². The third-order valence-electron chi connectivity index (χ3n) is 4.73. The molecule has 0 spiro atoms. The van der Waals surface area contributed by atoms with Crippen molar-refractivity contribution in [3.05, 3.63) is 12.7 Å². The standard InChI is InChI=1S/C21H40I2O2Si/c1-2-20(24)25-18-16-14-12-10-8-6-4-3-5-7-9-11-13-15-17-19-26-21(22)23/h2,21H,1,3-19,26H2. The monoisotopic (exact) mass is 606 g/mol. The van der Waals surface area contributed by atoms with E-state index in [1.165, 1.54) is 96.0 Å². The molecule has 0 radical (unpaired) electrons. The van der Waals surface area contributed by atoms with Gasteiger partial charge in [-0.25, -0.2) is 4.79 Å². The lowest BCUT2D eigenvalue weighted by molar-refractivity contribution is -0.137. The van der Waals surface area contributed by atoms with E-state index in [0.717, 1.165) is 7.98 Å². The lowest BCUT2D eigenvalue weighted by Crippen LogP contribution is -2.01. The Morgan fingerprint density at radius 1 is 0.769 bits per heavy atom. The minimum atomic E-state index is -0.299. The molecule has 0 rings (SSSR count). The highest BCUT2D eigenvalue weighted by Gasteiger charge is 1.99. The first-order valence-corrected chi connectivity index (χ1v) is 15.0. The van der Waals surface area contributed by atoms with Gasteiger partial charge < -0.3 is 4.74 Å². The van der Waals surface area contributed by atoms with Gasteiger partial charge in [0.15, 0.2) is 0 Å². The molecule has 0 atom stereocenters. The second-order valence-corrected chi connectivity index (χ2v) is 18.0. The maximum atomic E-state index is 10.9. The van der Waals surface area contributed by atoms with Crippen LogP contribution in [0.4, 0.5) is 0 Å². The Morgan fingerprint density at radius 3 is 1.54 bits per heavy atom. The average molecular weight is 606 g/mol. The van der Waals surface area contributed by atoms with E-state index in [2.05, 4.69) is 51.8 Å². The summed E-state index contributed by atoms with van der Waals surface area (Å²) in [5.41, 5.74) is 0. The molecule has 0 saturated carbocycles. The maximum Gasteiger partial charge on any atom is 0.330 e. The van der Waals surface area contributed by atoms with Crippen molar-refractivity contribution in [2.75, 3.05) is 6.61 Å². The molecule has 0 unspecified atom stereocenters. The summed E-state index contributed by atoms with van der Waals surface area (Å²) in [4.78, 5) is 10.9. The third kappa shape index (κ3) is 22.9. The number of halogens is 2. The molecule has 2 nitrogen and oxygen atoms in total. The first kappa shape index (κ1) is 26.9. The van der Waals surface area contributed by atoms with Crippen LogP contribution in [-0.2, 0) is 9.53 Å². The molecule has 5 heteroatoms. The van der Waals surface area contributed by atoms with Gasteiger partial charge in [0.2, 0.25) is 0 Å². The number of hydrogen-bond acceptors (Lipinski definition) is 2. The molecule has 0 aliphatic heterocycles. The molecule has 0 aromatic rings. The van der Waals surface area contributed by atoms with Crippen molar-refractivity contribution in [1.82, 2.24) is 0 Å². The fourth-order valence-electron chi connectivity index (χ4n) is 3.11. The molecule has 0 heterocycles. The van der Waals surface area contributed by atoms with Crippen molar-refractivity contribution in [2.24, 2.45) is 0 Å². The Kier molecular flexibility index (Phi) is 22.9. The summed E-state index contributed by atoms with van der Waals surface area (Å²) in [5.74, 6) is -0.299. The Hall–Kier alpha value is 0.887. The van der Waals surface area contributed by atoms with Gasteiger partial charge >= 0.3 is 5.97 Å². The molecule has 0 bridgehead atoms. The Bertz CT molecular complexity index is 325. The number of hydrogen-bond donors (Lipinski definition) is 0.